The highest BCUT2D eigenvalue weighted by atomic mass is 32.2. The van der Waals surface area contributed by atoms with Gasteiger partial charge in [0.05, 0.1) is 11.3 Å². The molecule has 0 saturated heterocycles. The van der Waals surface area contributed by atoms with E-state index < -0.39 is 0 Å². The zero-order chi connectivity index (χ0) is 19.4. The fraction of sp³-hybridized carbons (Fsp3) is 0.350. The number of fused-ring (bicyclic) bond motifs is 1. The molecule has 0 unspecified atom stereocenters. The van der Waals surface area contributed by atoms with Crippen LogP contribution < -0.4 is 10.9 Å². The summed E-state index contributed by atoms with van der Waals surface area (Å²) in [5, 5.41) is 3.48. The van der Waals surface area contributed by atoms with Crippen LogP contribution in [0.4, 0.5) is 0 Å². The maximum atomic E-state index is 12.8. The molecule has 0 radical (unpaired) electrons. The molecule has 1 amide bonds. The summed E-state index contributed by atoms with van der Waals surface area (Å²) < 4.78 is 1.66. The van der Waals surface area contributed by atoms with E-state index in [1.165, 1.54) is 11.8 Å². The number of rotatable bonds is 7. The van der Waals surface area contributed by atoms with E-state index in [2.05, 4.69) is 29.1 Å². The molecule has 0 bridgehead atoms. The smallest absolute Gasteiger partial charge is 0.278 e. The van der Waals surface area contributed by atoms with Crippen molar-refractivity contribution in [1.82, 2.24) is 19.9 Å². The average Bonchev–Trinajstić information content (AvgIpc) is 3.02. The van der Waals surface area contributed by atoms with Gasteiger partial charge < -0.3 is 10.3 Å². The monoisotopic (exact) mass is 384 g/mol. The Bertz CT molecular complexity index is 992. The fourth-order valence-corrected chi connectivity index (χ4v) is 3.66. The molecule has 2 aromatic heterocycles. The number of H-pyrrole nitrogens is 1. The van der Waals surface area contributed by atoms with Gasteiger partial charge in [0, 0.05) is 18.8 Å². The van der Waals surface area contributed by atoms with Crippen LogP contribution in [0.1, 0.15) is 25.1 Å². The largest absolute Gasteiger partial charge is 0.353 e. The molecule has 0 aliphatic carbocycles. The van der Waals surface area contributed by atoms with Gasteiger partial charge in [-0.15, -0.1) is 0 Å². The average molecular weight is 385 g/mol. The predicted octanol–water partition coefficient (Wildman–Crippen LogP) is 3.10. The third kappa shape index (κ3) is 4.80. The van der Waals surface area contributed by atoms with Crippen molar-refractivity contribution in [2.45, 2.75) is 39.0 Å². The van der Waals surface area contributed by atoms with Crippen LogP contribution in [0.15, 0.2) is 46.3 Å². The highest BCUT2D eigenvalue weighted by Crippen LogP contribution is 2.19. The Hall–Kier alpha value is -2.54. The van der Waals surface area contributed by atoms with Gasteiger partial charge in [0.25, 0.3) is 5.56 Å². The summed E-state index contributed by atoms with van der Waals surface area (Å²) in [6, 6.07) is 11.6. The molecule has 3 aromatic rings. The number of carbonyl (C=O) groups is 1. The van der Waals surface area contributed by atoms with Gasteiger partial charge >= 0.3 is 0 Å². The van der Waals surface area contributed by atoms with Crippen LogP contribution in [-0.2, 0) is 17.9 Å². The zero-order valence-electron chi connectivity index (χ0n) is 15.8. The van der Waals surface area contributed by atoms with Gasteiger partial charge in [0.2, 0.25) is 5.91 Å². The predicted molar refractivity (Wildman–Crippen MR) is 109 cm³/mol. The summed E-state index contributed by atoms with van der Waals surface area (Å²) >= 11 is 1.30. The van der Waals surface area contributed by atoms with Crippen LogP contribution in [0.3, 0.4) is 0 Å². The standard InChI is InChI=1S/C20H24N4O2S/c1-13(2)11-24-19(26)18-16(9-14(3)22-18)23-20(24)27-12-17(25)21-10-15-7-5-4-6-8-15/h4-9,13,22H,10-12H2,1-3H3,(H,21,25). The Morgan fingerprint density at radius 3 is 2.74 bits per heavy atom. The van der Waals surface area contributed by atoms with Gasteiger partial charge in [-0.1, -0.05) is 55.9 Å². The van der Waals surface area contributed by atoms with E-state index >= 15 is 0 Å². The Balaban J connectivity index is 1.74. The second-order valence-corrected chi connectivity index (χ2v) is 7.91. The first-order valence-electron chi connectivity index (χ1n) is 8.97. The number of nitrogens with one attached hydrogen (secondary N) is 2. The van der Waals surface area contributed by atoms with Crippen LogP contribution in [0, 0.1) is 12.8 Å². The molecule has 7 heteroatoms. The van der Waals surface area contributed by atoms with E-state index in [1.807, 2.05) is 43.3 Å². The lowest BCUT2D eigenvalue weighted by Crippen LogP contribution is -2.27. The lowest BCUT2D eigenvalue weighted by molar-refractivity contribution is -0.118. The van der Waals surface area contributed by atoms with Crippen LogP contribution >= 0.6 is 11.8 Å². The molecular formula is C20H24N4O2S. The zero-order valence-corrected chi connectivity index (χ0v) is 16.6. The van der Waals surface area contributed by atoms with Crippen molar-refractivity contribution in [3.8, 4) is 0 Å². The molecule has 0 atom stereocenters. The van der Waals surface area contributed by atoms with Gasteiger partial charge in [-0.2, -0.15) is 0 Å². The number of benzene rings is 1. The number of thioether (sulfide) groups is 1. The van der Waals surface area contributed by atoms with E-state index in [-0.39, 0.29) is 17.2 Å². The SMILES string of the molecule is Cc1cc2nc(SCC(=O)NCc3ccccc3)n(CC(C)C)c(=O)c2[nH]1. The lowest BCUT2D eigenvalue weighted by atomic mass is 10.2. The Morgan fingerprint density at radius 1 is 1.30 bits per heavy atom. The molecule has 0 saturated carbocycles. The summed E-state index contributed by atoms with van der Waals surface area (Å²) in [6.45, 7) is 7.06. The summed E-state index contributed by atoms with van der Waals surface area (Å²) in [4.78, 5) is 32.8. The van der Waals surface area contributed by atoms with Crippen molar-refractivity contribution in [2.75, 3.05) is 5.75 Å². The molecule has 0 aliphatic rings. The molecule has 2 N–H and O–H groups in total. The minimum absolute atomic E-state index is 0.0838. The molecule has 1 aromatic carbocycles. The normalized spacial score (nSPS) is 11.3. The van der Waals surface area contributed by atoms with Gasteiger partial charge in [-0.25, -0.2) is 4.98 Å². The highest BCUT2D eigenvalue weighted by Gasteiger charge is 2.15. The molecular weight excluding hydrogens is 360 g/mol. The number of carbonyl (C=O) groups excluding carboxylic acids is 1. The van der Waals surface area contributed by atoms with Gasteiger partial charge in [-0.05, 0) is 24.5 Å². The summed E-state index contributed by atoms with van der Waals surface area (Å²) in [5.74, 6) is 0.426. The number of aromatic nitrogens is 3. The van der Waals surface area contributed by atoms with E-state index in [1.54, 1.807) is 4.57 Å². The first kappa shape index (κ1) is 19.2. The number of hydrogen-bond donors (Lipinski definition) is 2. The maximum absolute atomic E-state index is 12.8. The molecule has 3 rings (SSSR count). The van der Waals surface area contributed by atoms with Gasteiger partial charge in [-0.3, -0.25) is 14.2 Å². The summed E-state index contributed by atoms with van der Waals surface area (Å²) in [7, 11) is 0. The van der Waals surface area contributed by atoms with Crippen molar-refractivity contribution >= 4 is 28.7 Å². The molecule has 142 valence electrons. The van der Waals surface area contributed by atoms with E-state index in [9.17, 15) is 9.59 Å². The van der Waals surface area contributed by atoms with Crippen LogP contribution in [0.5, 0.6) is 0 Å². The van der Waals surface area contributed by atoms with E-state index in [0.717, 1.165) is 11.3 Å². The first-order valence-corrected chi connectivity index (χ1v) is 9.96. The van der Waals surface area contributed by atoms with Crippen molar-refractivity contribution in [3.63, 3.8) is 0 Å². The summed E-state index contributed by atoms with van der Waals surface area (Å²) in [6.07, 6.45) is 0. The Kier molecular flexibility index (Phi) is 6.01. The fourth-order valence-electron chi connectivity index (χ4n) is 2.82. The molecule has 6 nitrogen and oxygen atoms in total. The minimum atomic E-state index is -0.0889. The van der Waals surface area contributed by atoms with Crippen molar-refractivity contribution in [3.05, 3.63) is 58.0 Å². The summed E-state index contributed by atoms with van der Waals surface area (Å²) in [5.41, 5.74) is 3.02. The molecule has 0 fully saturated rings. The number of aryl methyl sites for hydroxylation is 1. The second kappa shape index (κ2) is 8.43. The van der Waals surface area contributed by atoms with Crippen molar-refractivity contribution < 1.29 is 4.79 Å². The van der Waals surface area contributed by atoms with Gasteiger partial charge in [0.1, 0.15) is 5.52 Å². The molecule has 0 spiro atoms. The third-order valence-corrected chi connectivity index (χ3v) is 5.03. The molecule has 27 heavy (non-hydrogen) atoms. The van der Waals surface area contributed by atoms with Crippen LogP contribution in [0.2, 0.25) is 0 Å². The highest BCUT2D eigenvalue weighted by molar-refractivity contribution is 7.99. The maximum Gasteiger partial charge on any atom is 0.278 e. The van der Waals surface area contributed by atoms with Crippen LogP contribution in [-0.4, -0.2) is 26.2 Å². The Labute approximate surface area is 162 Å². The van der Waals surface area contributed by atoms with Crippen molar-refractivity contribution in [1.29, 1.82) is 0 Å². The van der Waals surface area contributed by atoms with E-state index in [4.69, 9.17) is 0 Å². The quantitative estimate of drug-likeness (QED) is 0.485. The second-order valence-electron chi connectivity index (χ2n) is 6.97. The van der Waals surface area contributed by atoms with E-state index in [0.29, 0.717) is 35.2 Å². The van der Waals surface area contributed by atoms with Crippen LogP contribution in [0.25, 0.3) is 11.0 Å². The minimum Gasteiger partial charge on any atom is -0.353 e. The number of aromatic amines is 1. The number of amides is 1. The van der Waals surface area contributed by atoms with Crippen molar-refractivity contribution in [2.24, 2.45) is 5.92 Å². The third-order valence-electron chi connectivity index (χ3n) is 4.05. The first-order chi connectivity index (χ1) is 12.9. The number of hydrogen-bond acceptors (Lipinski definition) is 4. The topological polar surface area (TPSA) is 79.8 Å². The number of nitrogens with zero attached hydrogens (tertiary/aromatic N) is 2. The molecule has 2 heterocycles. The Morgan fingerprint density at radius 2 is 2.04 bits per heavy atom. The molecule has 0 aliphatic heterocycles. The lowest BCUT2D eigenvalue weighted by Gasteiger charge is -2.13. The van der Waals surface area contributed by atoms with Gasteiger partial charge in [0.15, 0.2) is 5.16 Å².